The minimum Gasteiger partial charge on any atom is -0.458 e. The normalized spacial score (nSPS) is 13.8. The summed E-state index contributed by atoms with van der Waals surface area (Å²) < 4.78 is 11.1. The first-order chi connectivity index (χ1) is 14.9. The summed E-state index contributed by atoms with van der Waals surface area (Å²) in [4.78, 5) is 12.0. The van der Waals surface area contributed by atoms with Crippen LogP contribution in [0.2, 0.25) is 0 Å². The van der Waals surface area contributed by atoms with Crippen molar-refractivity contribution in [3.05, 3.63) is 48.6 Å². The van der Waals surface area contributed by atoms with Gasteiger partial charge in [0.05, 0.1) is 0 Å². The fourth-order valence-electron chi connectivity index (χ4n) is 2.87. The lowest BCUT2D eigenvalue weighted by Gasteiger charge is -2.23. The molecule has 3 nitrogen and oxygen atoms in total. The SMILES string of the molecule is CCCCC/C=C\C/C=C\C/C=C\C/C=C\CCCCOC(CC)C(=O)OC(C)(C)C. The zero-order valence-corrected chi connectivity index (χ0v) is 20.9. The molecule has 0 saturated heterocycles. The van der Waals surface area contributed by atoms with Crippen LogP contribution < -0.4 is 0 Å². The Kier molecular flexibility index (Phi) is 19.2. The monoisotopic (exact) mass is 432 g/mol. The summed E-state index contributed by atoms with van der Waals surface area (Å²) in [5, 5.41) is 0. The lowest BCUT2D eigenvalue weighted by atomic mass is 10.2. The number of esters is 1. The highest BCUT2D eigenvalue weighted by Gasteiger charge is 2.24. The summed E-state index contributed by atoms with van der Waals surface area (Å²) in [6.45, 7) is 10.4. The van der Waals surface area contributed by atoms with Gasteiger partial charge >= 0.3 is 5.97 Å². The third kappa shape index (κ3) is 21.4. The Morgan fingerprint density at radius 1 is 0.742 bits per heavy atom. The van der Waals surface area contributed by atoms with Gasteiger partial charge in [-0.25, -0.2) is 4.79 Å². The van der Waals surface area contributed by atoms with E-state index in [4.69, 9.17) is 9.47 Å². The molecule has 0 aliphatic rings. The van der Waals surface area contributed by atoms with Crippen molar-refractivity contribution in [1.82, 2.24) is 0 Å². The number of carbonyl (C=O) groups is 1. The predicted molar refractivity (Wildman–Crippen MR) is 134 cm³/mol. The average molecular weight is 433 g/mol. The molecule has 0 saturated carbocycles. The van der Waals surface area contributed by atoms with Crippen LogP contribution in [0.3, 0.4) is 0 Å². The first kappa shape index (κ1) is 29.4. The predicted octanol–water partition coefficient (Wildman–Crippen LogP) is 8.27. The van der Waals surface area contributed by atoms with Crippen LogP contribution in [-0.4, -0.2) is 24.3 Å². The van der Waals surface area contributed by atoms with Crippen LogP contribution >= 0.6 is 0 Å². The maximum atomic E-state index is 12.0. The van der Waals surface area contributed by atoms with Gasteiger partial charge in [-0.3, -0.25) is 0 Å². The lowest BCUT2D eigenvalue weighted by Crippen LogP contribution is -2.33. The molecule has 0 fully saturated rings. The van der Waals surface area contributed by atoms with Crippen LogP contribution in [0.5, 0.6) is 0 Å². The maximum Gasteiger partial charge on any atom is 0.335 e. The molecule has 1 unspecified atom stereocenters. The number of ether oxygens (including phenoxy) is 2. The van der Waals surface area contributed by atoms with Crippen molar-refractivity contribution in [2.45, 2.75) is 117 Å². The summed E-state index contributed by atoms with van der Waals surface area (Å²) in [6.07, 6.45) is 29.4. The third-order valence-electron chi connectivity index (χ3n) is 4.58. The first-order valence-electron chi connectivity index (χ1n) is 12.3. The third-order valence-corrected chi connectivity index (χ3v) is 4.58. The van der Waals surface area contributed by atoms with E-state index in [2.05, 4.69) is 55.5 Å². The zero-order valence-electron chi connectivity index (χ0n) is 20.9. The van der Waals surface area contributed by atoms with Crippen molar-refractivity contribution in [2.24, 2.45) is 0 Å². The second-order valence-electron chi connectivity index (χ2n) is 8.89. The van der Waals surface area contributed by atoms with Gasteiger partial charge in [-0.15, -0.1) is 0 Å². The minimum absolute atomic E-state index is 0.254. The van der Waals surface area contributed by atoms with Crippen molar-refractivity contribution in [1.29, 1.82) is 0 Å². The smallest absolute Gasteiger partial charge is 0.335 e. The van der Waals surface area contributed by atoms with E-state index >= 15 is 0 Å². The standard InChI is InChI=1S/C28H48O3/c1-6-8-9-10-11-12-13-14-15-16-17-18-19-20-21-22-23-24-25-30-26(7-2)27(29)31-28(3,4)5/h11-12,14-15,17-18,20-21,26H,6-10,13,16,19,22-25H2,1-5H3/b12-11-,15-14-,18-17-,21-20-. The van der Waals surface area contributed by atoms with E-state index < -0.39 is 11.7 Å². The lowest BCUT2D eigenvalue weighted by molar-refractivity contribution is -0.168. The van der Waals surface area contributed by atoms with Crippen molar-refractivity contribution in [3.8, 4) is 0 Å². The molecule has 0 radical (unpaired) electrons. The van der Waals surface area contributed by atoms with Gasteiger partial charge in [0.25, 0.3) is 0 Å². The zero-order chi connectivity index (χ0) is 23.2. The van der Waals surface area contributed by atoms with Gasteiger partial charge in [0, 0.05) is 6.61 Å². The number of hydrogen-bond acceptors (Lipinski definition) is 3. The van der Waals surface area contributed by atoms with Gasteiger partial charge in [0.15, 0.2) is 6.10 Å². The van der Waals surface area contributed by atoms with Crippen LogP contribution in [0, 0.1) is 0 Å². The highest BCUT2D eigenvalue weighted by atomic mass is 16.6. The highest BCUT2D eigenvalue weighted by molar-refractivity contribution is 5.75. The second kappa shape index (κ2) is 20.3. The minimum atomic E-state index is -0.464. The molecule has 0 amide bonds. The Balaban J connectivity index is 3.66. The number of rotatable bonds is 18. The van der Waals surface area contributed by atoms with Gasteiger partial charge < -0.3 is 9.47 Å². The summed E-state index contributed by atoms with van der Waals surface area (Å²) >= 11 is 0. The molecule has 0 bridgehead atoms. The summed E-state index contributed by atoms with van der Waals surface area (Å²) in [5.41, 5.74) is -0.464. The van der Waals surface area contributed by atoms with Crippen LogP contribution in [-0.2, 0) is 14.3 Å². The molecule has 0 N–H and O–H groups in total. The van der Waals surface area contributed by atoms with Crippen molar-refractivity contribution in [3.63, 3.8) is 0 Å². The number of hydrogen-bond donors (Lipinski definition) is 0. The largest absolute Gasteiger partial charge is 0.458 e. The van der Waals surface area contributed by atoms with Crippen LogP contribution in [0.15, 0.2) is 48.6 Å². The average Bonchev–Trinajstić information content (AvgIpc) is 2.71. The highest BCUT2D eigenvalue weighted by Crippen LogP contribution is 2.12. The molecule has 31 heavy (non-hydrogen) atoms. The summed E-state index contributed by atoms with van der Waals surface area (Å²) in [5.74, 6) is -0.254. The molecule has 0 spiro atoms. The molecular weight excluding hydrogens is 384 g/mol. The van der Waals surface area contributed by atoms with E-state index in [0.717, 1.165) is 38.5 Å². The number of allylic oxidation sites excluding steroid dienone is 8. The van der Waals surface area contributed by atoms with E-state index in [1.54, 1.807) is 0 Å². The molecular formula is C28H48O3. The molecule has 0 aliphatic carbocycles. The molecule has 0 aliphatic heterocycles. The van der Waals surface area contributed by atoms with E-state index in [1.165, 1.54) is 25.7 Å². The van der Waals surface area contributed by atoms with Gasteiger partial charge in [-0.05, 0) is 78.6 Å². The Labute approximate surface area is 192 Å². The Hall–Kier alpha value is -1.61. The summed E-state index contributed by atoms with van der Waals surface area (Å²) in [7, 11) is 0. The summed E-state index contributed by atoms with van der Waals surface area (Å²) in [6, 6.07) is 0. The Morgan fingerprint density at radius 2 is 1.23 bits per heavy atom. The fraction of sp³-hybridized carbons (Fsp3) is 0.679. The van der Waals surface area contributed by atoms with E-state index in [1.807, 2.05) is 27.7 Å². The molecule has 0 rings (SSSR count). The molecule has 0 aromatic rings. The quantitative estimate of drug-likeness (QED) is 0.124. The van der Waals surface area contributed by atoms with E-state index in [9.17, 15) is 4.79 Å². The second-order valence-corrected chi connectivity index (χ2v) is 8.89. The van der Waals surface area contributed by atoms with Gasteiger partial charge in [0.2, 0.25) is 0 Å². The van der Waals surface area contributed by atoms with Crippen LogP contribution in [0.25, 0.3) is 0 Å². The van der Waals surface area contributed by atoms with E-state index in [0.29, 0.717) is 13.0 Å². The van der Waals surface area contributed by atoms with Gasteiger partial charge in [-0.1, -0.05) is 75.3 Å². The van der Waals surface area contributed by atoms with Crippen LogP contribution in [0.4, 0.5) is 0 Å². The molecule has 3 heteroatoms. The molecule has 0 heterocycles. The molecule has 1 atom stereocenters. The topological polar surface area (TPSA) is 35.5 Å². The Bertz CT molecular complexity index is 535. The van der Waals surface area contributed by atoms with Crippen molar-refractivity contribution >= 4 is 5.97 Å². The molecule has 178 valence electrons. The molecule has 0 aromatic carbocycles. The fourth-order valence-corrected chi connectivity index (χ4v) is 2.87. The van der Waals surface area contributed by atoms with E-state index in [-0.39, 0.29) is 5.97 Å². The van der Waals surface area contributed by atoms with Crippen molar-refractivity contribution < 1.29 is 14.3 Å². The first-order valence-corrected chi connectivity index (χ1v) is 12.3. The van der Waals surface area contributed by atoms with Crippen LogP contribution in [0.1, 0.15) is 105 Å². The van der Waals surface area contributed by atoms with Gasteiger partial charge in [0.1, 0.15) is 5.60 Å². The molecule has 0 aromatic heterocycles. The number of carbonyl (C=O) groups excluding carboxylic acids is 1. The maximum absolute atomic E-state index is 12.0. The van der Waals surface area contributed by atoms with Crippen molar-refractivity contribution in [2.75, 3.05) is 6.61 Å². The Morgan fingerprint density at radius 3 is 1.68 bits per heavy atom. The van der Waals surface area contributed by atoms with Gasteiger partial charge in [-0.2, -0.15) is 0 Å². The number of unbranched alkanes of at least 4 members (excludes halogenated alkanes) is 5.